The average Bonchev–Trinajstić information content (AvgIpc) is 2.20. The van der Waals surface area contributed by atoms with Crippen LogP contribution in [0.15, 0.2) is 12.2 Å². The zero-order valence-corrected chi connectivity index (χ0v) is 10.4. The number of hydrogen-bond donors (Lipinski definition) is 1. The molecule has 0 rings (SSSR count). The predicted molar refractivity (Wildman–Crippen MR) is 63.1 cm³/mol. The second-order valence-corrected chi connectivity index (χ2v) is 4.10. The summed E-state index contributed by atoms with van der Waals surface area (Å²) in [7, 11) is 0. The molecule has 0 aliphatic rings. The minimum Gasteiger partial charge on any atom is -0.377 e. The van der Waals surface area contributed by atoms with Crippen LogP contribution in [0.1, 0.15) is 27.7 Å². The zero-order valence-electron chi connectivity index (χ0n) is 10.4. The maximum atomic E-state index is 11.2. The van der Waals surface area contributed by atoms with Crippen molar-refractivity contribution in [1.29, 1.82) is 0 Å². The summed E-state index contributed by atoms with van der Waals surface area (Å²) in [5.74, 6) is -0.386. The fourth-order valence-corrected chi connectivity index (χ4v) is 0.878. The van der Waals surface area contributed by atoms with Gasteiger partial charge in [0.15, 0.2) is 5.78 Å². The molecule has 0 radical (unpaired) electrons. The molecule has 1 amide bonds. The first-order valence-corrected chi connectivity index (χ1v) is 5.54. The second kappa shape index (κ2) is 8.05. The number of ether oxygens (including phenoxy) is 1. The molecule has 0 aromatic carbocycles. The number of hydrogen-bond acceptors (Lipinski definition) is 3. The Labute approximate surface area is 97.1 Å². The van der Waals surface area contributed by atoms with E-state index in [1.54, 1.807) is 13.8 Å². The molecule has 0 aromatic rings. The monoisotopic (exact) mass is 227 g/mol. The Morgan fingerprint density at radius 2 is 1.81 bits per heavy atom. The number of carbonyl (C=O) groups excluding carboxylic acids is 2. The summed E-state index contributed by atoms with van der Waals surface area (Å²) < 4.78 is 5.25. The van der Waals surface area contributed by atoms with Crippen LogP contribution in [0.3, 0.4) is 0 Å². The largest absolute Gasteiger partial charge is 0.377 e. The van der Waals surface area contributed by atoms with Gasteiger partial charge in [0.05, 0.1) is 12.7 Å². The van der Waals surface area contributed by atoms with Crippen molar-refractivity contribution >= 4 is 11.7 Å². The molecule has 92 valence electrons. The maximum Gasteiger partial charge on any atom is 0.244 e. The van der Waals surface area contributed by atoms with E-state index in [-0.39, 0.29) is 23.7 Å². The summed E-state index contributed by atoms with van der Waals surface area (Å²) in [6.07, 6.45) is 2.73. The molecule has 0 aromatic heterocycles. The van der Waals surface area contributed by atoms with E-state index >= 15 is 0 Å². The number of carbonyl (C=O) groups is 2. The summed E-state index contributed by atoms with van der Waals surface area (Å²) in [5, 5.41) is 2.63. The van der Waals surface area contributed by atoms with Crippen LogP contribution in [0.5, 0.6) is 0 Å². The Bertz CT molecular complexity index is 257. The number of nitrogens with one attached hydrogen (secondary N) is 1. The number of rotatable bonds is 7. The van der Waals surface area contributed by atoms with E-state index < -0.39 is 0 Å². The maximum absolute atomic E-state index is 11.2. The van der Waals surface area contributed by atoms with E-state index in [0.717, 1.165) is 0 Å². The summed E-state index contributed by atoms with van der Waals surface area (Å²) in [4.78, 5) is 22.4. The predicted octanol–water partition coefficient (Wildman–Crippen LogP) is 1.31. The number of ketones is 1. The highest BCUT2D eigenvalue weighted by atomic mass is 16.5. The van der Waals surface area contributed by atoms with Gasteiger partial charge in [-0.05, 0) is 19.9 Å². The molecule has 0 spiro atoms. The summed E-state index contributed by atoms with van der Waals surface area (Å²) in [5.41, 5.74) is 0. The van der Waals surface area contributed by atoms with E-state index in [0.29, 0.717) is 13.2 Å². The lowest BCUT2D eigenvalue weighted by atomic mass is 10.1. The van der Waals surface area contributed by atoms with Gasteiger partial charge in [0.1, 0.15) is 0 Å². The second-order valence-electron chi connectivity index (χ2n) is 4.10. The van der Waals surface area contributed by atoms with Crippen molar-refractivity contribution in [3.8, 4) is 0 Å². The van der Waals surface area contributed by atoms with Crippen LogP contribution < -0.4 is 5.32 Å². The molecule has 0 fully saturated rings. The molecule has 0 aliphatic heterocycles. The molecular formula is C12H21NO3. The molecule has 0 atom stereocenters. The quantitative estimate of drug-likeness (QED) is 0.527. The summed E-state index contributed by atoms with van der Waals surface area (Å²) >= 11 is 0. The van der Waals surface area contributed by atoms with Gasteiger partial charge in [0.25, 0.3) is 0 Å². The van der Waals surface area contributed by atoms with E-state index in [2.05, 4.69) is 5.32 Å². The summed E-state index contributed by atoms with van der Waals surface area (Å²) in [6.45, 7) is 8.39. The minimum atomic E-state index is -0.263. The highest BCUT2D eigenvalue weighted by molar-refractivity contribution is 5.98. The third-order valence-corrected chi connectivity index (χ3v) is 1.82. The molecule has 0 aliphatic carbocycles. The van der Waals surface area contributed by atoms with Crippen LogP contribution in [-0.4, -0.2) is 30.9 Å². The Morgan fingerprint density at radius 3 is 2.31 bits per heavy atom. The molecule has 0 saturated carbocycles. The van der Waals surface area contributed by atoms with E-state index in [4.69, 9.17) is 4.74 Å². The smallest absolute Gasteiger partial charge is 0.244 e. The Morgan fingerprint density at radius 1 is 1.19 bits per heavy atom. The van der Waals surface area contributed by atoms with E-state index in [9.17, 15) is 9.59 Å². The Kier molecular flexibility index (Phi) is 7.46. The van der Waals surface area contributed by atoms with Crippen LogP contribution in [0, 0.1) is 5.92 Å². The third-order valence-electron chi connectivity index (χ3n) is 1.82. The molecule has 0 unspecified atom stereocenters. The molecule has 4 heteroatoms. The molecule has 0 saturated heterocycles. The number of amides is 1. The van der Waals surface area contributed by atoms with Gasteiger partial charge in [0, 0.05) is 18.5 Å². The van der Waals surface area contributed by atoms with Crippen molar-refractivity contribution in [3.05, 3.63) is 12.2 Å². The van der Waals surface area contributed by atoms with Crippen molar-refractivity contribution in [2.45, 2.75) is 33.8 Å². The van der Waals surface area contributed by atoms with E-state index in [1.807, 2.05) is 13.8 Å². The Hall–Kier alpha value is -1.16. The van der Waals surface area contributed by atoms with Gasteiger partial charge in [-0.25, -0.2) is 0 Å². The summed E-state index contributed by atoms with van der Waals surface area (Å²) in [6, 6.07) is 0. The van der Waals surface area contributed by atoms with Crippen LogP contribution in [0.25, 0.3) is 0 Å². The van der Waals surface area contributed by atoms with Crippen LogP contribution >= 0.6 is 0 Å². The Balaban J connectivity index is 3.70. The highest BCUT2D eigenvalue weighted by Crippen LogP contribution is 1.94. The normalized spacial score (nSPS) is 11.4. The van der Waals surface area contributed by atoms with Gasteiger partial charge in [-0.2, -0.15) is 0 Å². The van der Waals surface area contributed by atoms with Gasteiger partial charge in [-0.15, -0.1) is 0 Å². The van der Waals surface area contributed by atoms with Crippen LogP contribution in [0.4, 0.5) is 0 Å². The number of allylic oxidation sites excluding steroid dienone is 1. The van der Waals surface area contributed by atoms with E-state index in [1.165, 1.54) is 12.2 Å². The van der Waals surface area contributed by atoms with Gasteiger partial charge >= 0.3 is 0 Å². The fourth-order valence-electron chi connectivity index (χ4n) is 0.878. The van der Waals surface area contributed by atoms with Crippen molar-refractivity contribution < 1.29 is 14.3 Å². The van der Waals surface area contributed by atoms with Crippen molar-refractivity contribution in [2.24, 2.45) is 5.92 Å². The van der Waals surface area contributed by atoms with Crippen LogP contribution in [0.2, 0.25) is 0 Å². The molecule has 1 N–H and O–H groups in total. The zero-order chi connectivity index (χ0) is 12.6. The fraction of sp³-hybridized carbons (Fsp3) is 0.667. The van der Waals surface area contributed by atoms with Crippen molar-refractivity contribution in [3.63, 3.8) is 0 Å². The molecule has 4 nitrogen and oxygen atoms in total. The van der Waals surface area contributed by atoms with Gasteiger partial charge in [-0.1, -0.05) is 13.8 Å². The highest BCUT2D eigenvalue weighted by Gasteiger charge is 2.03. The molecular weight excluding hydrogens is 206 g/mol. The first-order valence-electron chi connectivity index (χ1n) is 5.54. The minimum absolute atomic E-state index is 0.0476. The SMILES string of the molecule is CC(C)OCCNC(=O)/C=C\C(=O)C(C)C. The average molecular weight is 227 g/mol. The van der Waals surface area contributed by atoms with Crippen molar-refractivity contribution in [2.75, 3.05) is 13.2 Å². The van der Waals surface area contributed by atoms with Gasteiger partial charge in [-0.3, -0.25) is 9.59 Å². The first kappa shape index (κ1) is 14.8. The lowest BCUT2D eigenvalue weighted by Gasteiger charge is -2.07. The third kappa shape index (κ3) is 8.17. The topological polar surface area (TPSA) is 55.4 Å². The standard InChI is InChI=1S/C12H21NO3/c1-9(2)11(14)5-6-12(15)13-7-8-16-10(3)4/h5-6,9-10H,7-8H2,1-4H3,(H,13,15)/b6-5-. The van der Waals surface area contributed by atoms with Gasteiger partial charge in [0.2, 0.25) is 5.91 Å². The lowest BCUT2D eigenvalue weighted by Crippen LogP contribution is -2.26. The lowest BCUT2D eigenvalue weighted by molar-refractivity contribution is -0.119. The van der Waals surface area contributed by atoms with Crippen LogP contribution in [-0.2, 0) is 14.3 Å². The van der Waals surface area contributed by atoms with Gasteiger partial charge < -0.3 is 10.1 Å². The molecule has 16 heavy (non-hydrogen) atoms. The van der Waals surface area contributed by atoms with Crippen molar-refractivity contribution in [1.82, 2.24) is 5.32 Å². The molecule has 0 heterocycles. The first-order chi connectivity index (χ1) is 7.43. The molecule has 0 bridgehead atoms.